The second-order valence-electron chi connectivity index (χ2n) is 3.89. The highest BCUT2D eigenvalue weighted by atomic mass is 79.9. The van der Waals surface area contributed by atoms with Gasteiger partial charge in [-0.2, -0.15) is 0 Å². The largest absolute Gasteiger partial charge is 0.312 e. The van der Waals surface area contributed by atoms with E-state index in [1.165, 1.54) is 12.5 Å². The van der Waals surface area contributed by atoms with Crippen molar-refractivity contribution >= 4 is 15.9 Å². The number of nitrogens with one attached hydrogen (secondary N) is 1. The van der Waals surface area contributed by atoms with Crippen LogP contribution in [0.25, 0.3) is 0 Å². The molecule has 1 N–H and O–H groups in total. The maximum Gasteiger partial charge on any atom is 0.137 e. The van der Waals surface area contributed by atoms with Crippen molar-refractivity contribution in [2.24, 2.45) is 5.92 Å². The quantitative estimate of drug-likeness (QED) is 0.862. The van der Waals surface area contributed by atoms with E-state index in [4.69, 9.17) is 0 Å². The van der Waals surface area contributed by atoms with Crippen LogP contribution in [0, 0.1) is 11.7 Å². The first-order chi connectivity index (χ1) is 7.13. The molecule has 1 aromatic rings. The average Bonchev–Trinajstić information content (AvgIpc) is 2.23. The van der Waals surface area contributed by atoms with Crippen molar-refractivity contribution in [3.63, 3.8) is 0 Å². The second-order valence-corrected chi connectivity index (χ2v) is 4.75. The highest BCUT2D eigenvalue weighted by Crippen LogP contribution is 2.16. The molecule has 0 fully saturated rings. The Labute approximate surface area is 99.2 Å². The fourth-order valence-corrected chi connectivity index (χ4v) is 1.68. The summed E-state index contributed by atoms with van der Waals surface area (Å²) in [5.41, 5.74) is 1.10. The number of benzene rings is 1. The summed E-state index contributed by atoms with van der Waals surface area (Å²) in [5, 5.41) is 3.36. The molecular formula is C12H17BrFN. The lowest BCUT2D eigenvalue weighted by atomic mass is 10.1. The third kappa shape index (κ3) is 4.31. The van der Waals surface area contributed by atoms with E-state index in [1.54, 1.807) is 0 Å². The summed E-state index contributed by atoms with van der Waals surface area (Å²) in [5.74, 6) is 0.481. The molecule has 1 atom stereocenters. The molecule has 0 aliphatic carbocycles. The molecule has 0 saturated carbocycles. The van der Waals surface area contributed by atoms with Gasteiger partial charge < -0.3 is 5.32 Å². The van der Waals surface area contributed by atoms with Gasteiger partial charge in [0.05, 0.1) is 4.47 Å². The average molecular weight is 274 g/mol. The lowest BCUT2D eigenvalue weighted by molar-refractivity contribution is 0.499. The van der Waals surface area contributed by atoms with E-state index in [0.717, 1.165) is 18.7 Å². The van der Waals surface area contributed by atoms with Gasteiger partial charge in [-0.05, 0) is 46.1 Å². The molecule has 0 amide bonds. The first-order valence-corrected chi connectivity index (χ1v) is 6.07. The molecule has 1 rings (SSSR count). The summed E-state index contributed by atoms with van der Waals surface area (Å²) in [6, 6.07) is 5.12. The maximum atomic E-state index is 12.9. The first kappa shape index (κ1) is 12.7. The molecule has 15 heavy (non-hydrogen) atoms. The minimum Gasteiger partial charge on any atom is -0.312 e. The molecule has 1 unspecified atom stereocenters. The van der Waals surface area contributed by atoms with Gasteiger partial charge >= 0.3 is 0 Å². The summed E-state index contributed by atoms with van der Waals surface area (Å²) in [6.07, 6.45) is 1.18. The van der Waals surface area contributed by atoms with Crippen LogP contribution >= 0.6 is 15.9 Å². The predicted molar refractivity (Wildman–Crippen MR) is 65.3 cm³/mol. The maximum absolute atomic E-state index is 12.9. The Kier molecular flexibility index (Phi) is 5.26. The van der Waals surface area contributed by atoms with Crippen LogP contribution in [0.5, 0.6) is 0 Å². The molecule has 0 heterocycles. The molecule has 0 aromatic heterocycles. The topological polar surface area (TPSA) is 12.0 Å². The summed E-state index contributed by atoms with van der Waals surface area (Å²) in [7, 11) is 0. The lowest BCUT2D eigenvalue weighted by Crippen LogP contribution is -2.20. The molecule has 1 nitrogen and oxygen atoms in total. The Morgan fingerprint density at radius 2 is 2.20 bits per heavy atom. The molecule has 0 aliphatic heterocycles. The van der Waals surface area contributed by atoms with Gasteiger partial charge in [0.25, 0.3) is 0 Å². The predicted octanol–water partition coefficient (Wildman–Crippen LogP) is 3.72. The van der Waals surface area contributed by atoms with Crippen LogP contribution in [0.1, 0.15) is 25.8 Å². The third-order valence-electron chi connectivity index (χ3n) is 2.50. The molecule has 1 aromatic carbocycles. The minimum absolute atomic E-state index is 0.208. The van der Waals surface area contributed by atoms with E-state index in [2.05, 4.69) is 35.1 Å². The van der Waals surface area contributed by atoms with Gasteiger partial charge in [0.2, 0.25) is 0 Å². The summed E-state index contributed by atoms with van der Waals surface area (Å²) in [6.45, 7) is 6.20. The van der Waals surface area contributed by atoms with Crippen molar-refractivity contribution in [2.75, 3.05) is 6.54 Å². The number of halogens is 2. The SMILES string of the molecule is CCC(C)CNCc1ccc(F)c(Br)c1. The van der Waals surface area contributed by atoms with Crippen LogP contribution in [0.3, 0.4) is 0 Å². The van der Waals surface area contributed by atoms with E-state index in [1.807, 2.05) is 12.1 Å². The van der Waals surface area contributed by atoms with Crippen molar-refractivity contribution in [1.29, 1.82) is 0 Å². The minimum atomic E-state index is -0.208. The zero-order chi connectivity index (χ0) is 11.3. The Balaban J connectivity index is 2.41. The molecule has 3 heteroatoms. The molecule has 0 radical (unpaired) electrons. The Bertz CT molecular complexity index is 314. The second kappa shape index (κ2) is 6.23. The Morgan fingerprint density at radius 1 is 1.47 bits per heavy atom. The van der Waals surface area contributed by atoms with Crippen LogP contribution in [-0.2, 0) is 6.54 Å². The Hall–Kier alpha value is -0.410. The summed E-state index contributed by atoms with van der Waals surface area (Å²) >= 11 is 3.18. The van der Waals surface area contributed by atoms with Crippen LogP contribution in [0.15, 0.2) is 22.7 Å². The van der Waals surface area contributed by atoms with Crippen LogP contribution in [0.2, 0.25) is 0 Å². The monoisotopic (exact) mass is 273 g/mol. The zero-order valence-corrected chi connectivity index (χ0v) is 10.8. The number of rotatable bonds is 5. The molecular weight excluding hydrogens is 257 g/mol. The molecule has 0 bridgehead atoms. The van der Waals surface area contributed by atoms with E-state index >= 15 is 0 Å². The first-order valence-electron chi connectivity index (χ1n) is 5.28. The summed E-state index contributed by atoms with van der Waals surface area (Å²) < 4.78 is 13.5. The van der Waals surface area contributed by atoms with Crippen molar-refractivity contribution in [3.05, 3.63) is 34.1 Å². The lowest BCUT2D eigenvalue weighted by Gasteiger charge is -2.10. The number of hydrogen-bond acceptors (Lipinski definition) is 1. The van der Waals surface area contributed by atoms with Crippen molar-refractivity contribution < 1.29 is 4.39 Å². The zero-order valence-electron chi connectivity index (χ0n) is 9.19. The van der Waals surface area contributed by atoms with Gasteiger partial charge in [0.1, 0.15) is 5.82 Å². The standard InChI is InChI=1S/C12H17BrFN/c1-3-9(2)7-15-8-10-4-5-12(14)11(13)6-10/h4-6,9,15H,3,7-8H2,1-2H3. The molecule has 0 spiro atoms. The van der Waals surface area contributed by atoms with Gasteiger partial charge in [-0.3, -0.25) is 0 Å². The molecule has 0 saturated heterocycles. The van der Waals surface area contributed by atoms with Gasteiger partial charge in [-0.1, -0.05) is 26.3 Å². The van der Waals surface area contributed by atoms with Crippen molar-refractivity contribution in [1.82, 2.24) is 5.32 Å². The van der Waals surface area contributed by atoms with Crippen LogP contribution < -0.4 is 5.32 Å². The third-order valence-corrected chi connectivity index (χ3v) is 3.11. The van der Waals surface area contributed by atoms with E-state index < -0.39 is 0 Å². The highest BCUT2D eigenvalue weighted by molar-refractivity contribution is 9.10. The van der Waals surface area contributed by atoms with Gasteiger partial charge in [0.15, 0.2) is 0 Å². The highest BCUT2D eigenvalue weighted by Gasteiger charge is 2.01. The molecule has 0 aliphatic rings. The van der Waals surface area contributed by atoms with Crippen LogP contribution in [0.4, 0.5) is 4.39 Å². The fraction of sp³-hybridized carbons (Fsp3) is 0.500. The van der Waals surface area contributed by atoms with Crippen molar-refractivity contribution in [3.8, 4) is 0 Å². The smallest absolute Gasteiger partial charge is 0.137 e. The number of hydrogen-bond donors (Lipinski definition) is 1. The van der Waals surface area contributed by atoms with E-state index in [-0.39, 0.29) is 5.82 Å². The van der Waals surface area contributed by atoms with E-state index in [9.17, 15) is 4.39 Å². The Morgan fingerprint density at radius 3 is 2.80 bits per heavy atom. The van der Waals surface area contributed by atoms with E-state index in [0.29, 0.717) is 10.4 Å². The fourth-order valence-electron chi connectivity index (χ4n) is 1.26. The van der Waals surface area contributed by atoms with Crippen molar-refractivity contribution in [2.45, 2.75) is 26.8 Å². The van der Waals surface area contributed by atoms with Gasteiger partial charge in [0, 0.05) is 6.54 Å². The van der Waals surface area contributed by atoms with Gasteiger partial charge in [-0.25, -0.2) is 4.39 Å². The normalized spacial score (nSPS) is 12.8. The molecule has 84 valence electrons. The summed E-state index contributed by atoms with van der Waals surface area (Å²) in [4.78, 5) is 0. The van der Waals surface area contributed by atoms with Crippen LogP contribution in [-0.4, -0.2) is 6.54 Å². The van der Waals surface area contributed by atoms with Gasteiger partial charge in [-0.15, -0.1) is 0 Å².